The molecule has 0 spiro atoms. The largest absolute Gasteiger partial charge is 0.479 e. The van der Waals surface area contributed by atoms with Crippen LogP contribution in [0, 0.1) is 0 Å². The zero-order valence-electron chi connectivity index (χ0n) is 15.8. The van der Waals surface area contributed by atoms with E-state index in [2.05, 4.69) is 10.2 Å². The summed E-state index contributed by atoms with van der Waals surface area (Å²) in [7, 11) is 0. The third-order valence-corrected chi connectivity index (χ3v) is 4.26. The van der Waals surface area contributed by atoms with Crippen LogP contribution in [0.1, 0.15) is 6.92 Å². The van der Waals surface area contributed by atoms with Crippen LogP contribution in [-0.2, 0) is 19.1 Å². The van der Waals surface area contributed by atoms with Crippen molar-refractivity contribution in [2.45, 2.75) is 13.0 Å². The third kappa shape index (κ3) is 5.72. The number of hydrogen-bond donors (Lipinski definition) is 1. The number of para-hydroxylation sites is 1. The van der Waals surface area contributed by atoms with Gasteiger partial charge in [0.25, 0.3) is 5.91 Å². The van der Waals surface area contributed by atoms with Crippen LogP contribution in [0.4, 0.5) is 11.4 Å². The molecule has 28 heavy (non-hydrogen) atoms. The summed E-state index contributed by atoms with van der Waals surface area (Å²) in [5, 5.41) is 2.72. The number of rotatable bonds is 7. The van der Waals surface area contributed by atoms with Gasteiger partial charge in [-0.25, -0.2) is 4.79 Å². The molecule has 0 saturated carbocycles. The van der Waals surface area contributed by atoms with Gasteiger partial charge in [0.1, 0.15) is 5.75 Å². The summed E-state index contributed by atoms with van der Waals surface area (Å²) < 4.78 is 15.9. The zero-order chi connectivity index (χ0) is 19.8. The molecule has 1 N–H and O–H groups in total. The van der Waals surface area contributed by atoms with E-state index in [1.54, 1.807) is 19.1 Å². The Morgan fingerprint density at radius 2 is 1.75 bits per heavy atom. The summed E-state index contributed by atoms with van der Waals surface area (Å²) in [6.07, 6.45) is -0.803. The number of ether oxygens (including phenoxy) is 3. The van der Waals surface area contributed by atoms with Crippen molar-refractivity contribution in [2.24, 2.45) is 0 Å². The second kappa shape index (κ2) is 9.75. The molecule has 1 fully saturated rings. The standard InChI is InChI=1S/C21H24N2O5/c1-16(28-19-5-3-2-4-6-19)21(25)27-15-20(24)22-17-7-9-18(10-8-17)23-11-13-26-14-12-23/h2-10,16H,11-15H2,1H3,(H,22,24)/t16-/m0/s1. The lowest BCUT2D eigenvalue weighted by molar-refractivity contribution is -0.153. The highest BCUT2D eigenvalue weighted by Gasteiger charge is 2.18. The number of amides is 1. The van der Waals surface area contributed by atoms with E-state index in [0.29, 0.717) is 11.4 Å². The van der Waals surface area contributed by atoms with Crippen LogP contribution in [0.2, 0.25) is 0 Å². The van der Waals surface area contributed by atoms with Crippen LogP contribution in [0.25, 0.3) is 0 Å². The Hall–Kier alpha value is -3.06. The third-order valence-electron chi connectivity index (χ3n) is 4.26. The van der Waals surface area contributed by atoms with E-state index in [4.69, 9.17) is 14.2 Å². The minimum Gasteiger partial charge on any atom is -0.479 e. The predicted octanol–water partition coefficient (Wildman–Crippen LogP) is 2.47. The van der Waals surface area contributed by atoms with Crippen LogP contribution < -0.4 is 15.0 Å². The maximum Gasteiger partial charge on any atom is 0.347 e. The molecule has 1 amide bonds. The van der Waals surface area contributed by atoms with Gasteiger partial charge in [0.15, 0.2) is 12.7 Å². The lowest BCUT2D eigenvalue weighted by Gasteiger charge is -2.28. The second-order valence-corrected chi connectivity index (χ2v) is 6.38. The number of nitrogens with zero attached hydrogens (tertiary/aromatic N) is 1. The van der Waals surface area contributed by atoms with Crippen LogP contribution in [0.3, 0.4) is 0 Å². The smallest absolute Gasteiger partial charge is 0.347 e. The molecule has 1 saturated heterocycles. The van der Waals surface area contributed by atoms with E-state index in [1.165, 1.54) is 0 Å². The molecule has 2 aromatic carbocycles. The molecule has 148 valence electrons. The molecule has 0 aliphatic carbocycles. The van der Waals surface area contributed by atoms with Crippen molar-refractivity contribution < 1.29 is 23.8 Å². The first-order valence-corrected chi connectivity index (χ1v) is 9.23. The lowest BCUT2D eigenvalue weighted by Crippen LogP contribution is -2.36. The SMILES string of the molecule is C[C@H](Oc1ccccc1)C(=O)OCC(=O)Nc1ccc(N2CCOCC2)cc1. The van der Waals surface area contributed by atoms with Gasteiger partial charge in [0.2, 0.25) is 0 Å². The Morgan fingerprint density at radius 1 is 1.07 bits per heavy atom. The molecule has 0 unspecified atom stereocenters. The number of benzene rings is 2. The van der Waals surface area contributed by atoms with Gasteiger partial charge in [0, 0.05) is 24.5 Å². The molecule has 1 heterocycles. The second-order valence-electron chi connectivity index (χ2n) is 6.38. The van der Waals surface area contributed by atoms with Gasteiger partial charge in [-0.2, -0.15) is 0 Å². The van der Waals surface area contributed by atoms with Crippen LogP contribution >= 0.6 is 0 Å². The molecule has 7 heteroatoms. The lowest BCUT2D eigenvalue weighted by atomic mass is 10.2. The van der Waals surface area contributed by atoms with Crippen LogP contribution in [0.15, 0.2) is 54.6 Å². The van der Waals surface area contributed by atoms with Crippen LogP contribution in [-0.4, -0.2) is 50.9 Å². The van der Waals surface area contributed by atoms with Crippen molar-refractivity contribution in [2.75, 3.05) is 43.1 Å². The number of nitrogens with one attached hydrogen (secondary N) is 1. The highest BCUT2D eigenvalue weighted by atomic mass is 16.6. The van der Waals surface area contributed by atoms with Gasteiger partial charge in [-0.3, -0.25) is 4.79 Å². The number of hydrogen-bond acceptors (Lipinski definition) is 6. The molecule has 1 atom stereocenters. The first-order chi connectivity index (χ1) is 13.6. The van der Waals surface area contributed by atoms with E-state index in [-0.39, 0.29) is 6.61 Å². The van der Waals surface area contributed by atoms with Gasteiger partial charge in [-0.15, -0.1) is 0 Å². The van der Waals surface area contributed by atoms with Gasteiger partial charge in [-0.1, -0.05) is 18.2 Å². The van der Waals surface area contributed by atoms with Gasteiger partial charge in [0.05, 0.1) is 13.2 Å². The molecule has 0 radical (unpaired) electrons. The fraction of sp³-hybridized carbons (Fsp3) is 0.333. The number of carbonyl (C=O) groups excluding carboxylic acids is 2. The Morgan fingerprint density at radius 3 is 2.43 bits per heavy atom. The molecule has 1 aliphatic heterocycles. The van der Waals surface area contributed by atoms with E-state index < -0.39 is 18.0 Å². The van der Waals surface area contributed by atoms with E-state index >= 15 is 0 Å². The summed E-state index contributed by atoms with van der Waals surface area (Å²) in [6, 6.07) is 16.5. The maximum atomic E-state index is 12.0. The quantitative estimate of drug-likeness (QED) is 0.739. The molecule has 2 aromatic rings. The minimum absolute atomic E-state index is 0.369. The number of morpholine rings is 1. The molecular formula is C21H24N2O5. The van der Waals surface area contributed by atoms with E-state index in [9.17, 15) is 9.59 Å². The van der Waals surface area contributed by atoms with Crippen molar-refractivity contribution >= 4 is 23.3 Å². The van der Waals surface area contributed by atoms with Gasteiger partial charge >= 0.3 is 5.97 Å². The van der Waals surface area contributed by atoms with Crippen molar-refractivity contribution in [3.8, 4) is 5.75 Å². The average Bonchev–Trinajstić information content (AvgIpc) is 2.74. The maximum absolute atomic E-state index is 12.0. The monoisotopic (exact) mass is 384 g/mol. The van der Waals surface area contributed by atoms with E-state index in [1.807, 2.05) is 42.5 Å². The normalized spacial score (nSPS) is 14.8. The molecule has 1 aliphatic rings. The van der Waals surface area contributed by atoms with Gasteiger partial charge < -0.3 is 24.4 Å². The highest BCUT2D eigenvalue weighted by molar-refractivity contribution is 5.93. The van der Waals surface area contributed by atoms with Crippen molar-refractivity contribution in [3.63, 3.8) is 0 Å². The molecule has 3 rings (SSSR count). The Balaban J connectivity index is 1.42. The fourth-order valence-electron chi connectivity index (χ4n) is 2.78. The Kier molecular flexibility index (Phi) is 6.86. The molecule has 0 bridgehead atoms. The average molecular weight is 384 g/mol. The fourth-order valence-corrected chi connectivity index (χ4v) is 2.78. The first kappa shape index (κ1) is 19.7. The summed E-state index contributed by atoms with van der Waals surface area (Å²) in [4.78, 5) is 26.2. The minimum atomic E-state index is -0.803. The molecule has 0 aromatic heterocycles. The summed E-state index contributed by atoms with van der Waals surface area (Å²) >= 11 is 0. The Labute approximate surface area is 164 Å². The van der Waals surface area contributed by atoms with Gasteiger partial charge in [-0.05, 0) is 43.3 Å². The highest BCUT2D eigenvalue weighted by Crippen LogP contribution is 2.19. The summed E-state index contributed by atoms with van der Waals surface area (Å²) in [6.45, 7) is 4.35. The Bertz CT molecular complexity index is 773. The first-order valence-electron chi connectivity index (χ1n) is 9.23. The molecule has 7 nitrogen and oxygen atoms in total. The topological polar surface area (TPSA) is 77.1 Å². The summed E-state index contributed by atoms with van der Waals surface area (Å²) in [5.41, 5.74) is 1.73. The van der Waals surface area contributed by atoms with Crippen molar-refractivity contribution in [1.82, 2.24) is 0 Å². The molecular weight excluding hydrogens is 360 g/mol. The number of anilines is 2. The van der Waals surface area contributed by atoms with E-state index in [0.717, 1.165) is 32.0 Å². The predicted molar refractivity (Wildman–Crippen MR) is 106 cm³/mol. The van der Waals surface area contributed by atoms with Crippen molar-refractivity contribution in [1.29, 1.82) is 0 Å². The summed E-state index contributed by atoms with van der Waals surface area (Å²) in [5.74, 6) is -0.433. The van der Waals surface area contributed by atoms with Crippen LogP contribution in [0.5, 0.6) is 5.75 Å². The number of carbonyl (C=O) groups is 2. The van der Waals surface area contributed by atoms with Crippen molar-refractivity contribution in [3.05, 3.63) is 54.6 Å². The number of esters is 1. The zero-order valence-corrected chi connectivity index (χ0v) is 15.8.